The number of nitrogens with two attached hydrogens (primary N) is 1. The fraction of sp³-hybridized carbons (Fsp3) is 0.417. The van der Waals surface area contributed by atoms with Crippen LogP contribution in [-0.4, -0.2) is 18.6 Å². The first-order chi connectivity index (χ1) is 8.08. The molecule has 1 aromatic carbocycles. The van der Waals surface area contributed by atoms with E-state index in [4.69, 9.17) is 10.5 Å². The number of amides is 1. The lowest BCUT2D eigenvalue weighted by molar-refractivity contribution is -0.119. The summed E-state index contributed by atoms with van der Waals surface area (Å²) in [5, 5.41) is 2.52. The standard InChI is InChI=1S/C12H15FN2O2/c1-7-5-8(6-17-7)12(16)15-11-9(13)3-2-4-10(11)14/h2-4,7-8H,5-6,14H2,1H3,(H,15,16). The molecule has 17 heavy (non-hydrogen) atoms. The van der Waals surface area contributed by atoms with E-state index in [1.807, 2.05) is 6.92 Å². The highest BCUT2D eigenvalue weighted by molar-refractivity contribution is 5.95. The van der Waals surface area contributed by atoms with E-state index in [0.717, 1.165) is 0 Å². The second-order valence-electron chi connectivity index (χ2n) is 4.27. The number of hydrogen-bond acceptors (Lipinski definition) is 3. The van der Waals surface area contributed by atoms with E-state index in [1.54, 1.807) is 6.07 Å². The van der Waals surface area contributed by atoms with Crippen molar-refractivity contribution in [3.8, 4) is 0 Å². The lowest BCUT2D eigenvalue weighted by atomic mass is 10.1. The zero-order chi connectivity index (χ0) is 12.4. The molecule has 1 heterocycles. The number of para-hydroxylation sites is 1. The van der Waals surface area contributed by atoms with Gasteiger partial charge in [-0.15, -0.1) is 0 Å². The van der Waals surface area contributed by atoms with Crippen LogP contribution in [0.25, 0.3) is 0 Å². The van der Waals surface area contributed by atoms with Gasteiger partial charge in [0.1, 0.15) is 11.5 Å². The molecular weight excluding hydrogens is 223 g/mol. The monoisotopic (exact) mass is 238 g/mol. The SMILES string of the molecule is CC1CC(C(=O)Nc2c(N)cccc2F)CO1. The number of hydrogen-bond donors (Lipinski definition) is 2. The topological polar surface area (TPSA) is 64.4 Å². The summed E-state index contributed by atoms with van der Waals surface area (Å²) < 4.78 is 18.7. The highest BCUT2D eigenvalue weighted by Crippen LogP contribution is 2.25. The van der Waals surface area contributed by atoms with Crippen LogP contribution < -0.4 is 11.1 Å². The van der Waals surface area contributed by atoms with Gasteiger partial charge in [0.2, 0.25) is 5.91 Å². The summed E-state index contributed by atoms with van der Waals surface area (Å²) in [4.78, 5) is 11.9. The highest BCUT2D eigenvalue weighted by atomic mass is 19.1. The maximum atomic E-state index is 13.4. The third kappa shape index (κ3) is 2.55. The number of nitrogens with one attached hydrogen (secondary N) is 1. The fourth-order valence-electron chi connectivity index (χ4n) is 1.90. The molecule has 4 nitrogen and oxygen atoms in total. The summed E-state index contributed by atoms with van der Waals surface area (Å²) in [7, 11) is 0. The minimum absolute atomic E-state index is 0.0528. The summed E-state index contributed by atoms with van der Waals surface area (Å²) in [6, 6.07) is 4.31. The zero-order valence-corrected chi connectivity index (χ0v) is 9.57. The Labute approximate surface area is 98.9 Å². The maximum absolute atomic E-state index is 13.4. The number of rotatable bonds is 2. The van der Waals surface area contributed by atoms with Crippen molar-refractivity contribution in [1.29, 1.82) is 0 Å². The van der Waals surface area contributed by atoms with Gasteiger partial charge in [0.05, 0.1) is 24.3 Å². The molecule has 2 rings (SSSR count). The van der Waals surface area contributed by atoms with Crippen LogP contribution >= 0.6 is 0 Å². The second kappa shape index (κ2) is 4.71. The van der Waals surface area contributed by atoms with Gasteiger partial charge in [-0.1, -0.05) is 6.07 Å². The van der Waals surface area contributed by atoms with E-state index in [-0.39, 0.29) is 29.3 Å². The van der Waals surface area contributed by atoms with Crippen LogP contribution in [0.15, 0.2) is 18.2 Å². The van der Waals surface area contributed by atoms with Crippen molar-refractivity contribution in [2.45, 2.75) is 19.4 Å². The van der Waals surface area contributed by atoms with Gasteiger partial charge in [0.15, 0.2) is 0 Å². The van der Waals surface area contributed by atoms with Crippen molar-refractivity contribution < 1.29 is 13.9 Å². The summed E-state index contributed by atoms with van der Waals surface area (Å²) in [5.74, 6) is -1.000. The van der Waals surface area contributed by atoms with E-state index >= 15 is 0 Å². The van der Waals surface area contributed by atoms with E-state index in [1.165, 1.54) is 12.1 Å². The van der Waals surface area contributed by atoms with Crippen LogP contribution in [0, 0.1) is 11.7 Å². The predicted octanol–water partition coefficient (Wildman–Crippen LogP) is 1.77. The van der Waals surface area contributed by atoms with Crippen LogP contribution in [0.3, 0.4) is 0 Å². The molecule has 1 aromatic rings. The van der Waals surface area contributed by atoms with Gasteiger partial charge in [0, 0.05) is 0 Å². The molecule has 1 amide bonds. The summed E-state index contributed by atoms with van der Waals surface area (Å²) in [5.41, 5.74) is 5.89. The number of carbonyl (C=O) groups excluding carboxylic acids is 1. The molecule has 0 aromatic heterocycles. The molecular formula is C12H15FN2O2. The van der Waals surface area contributed by atoms with Crippen molar-refractivity contribution in [2.75, 3.05) is 17.7 Å². The average Bonchev–Trinajstić information content (AvgIpc) is 2.70. The lowest BCUT2D eigenvalue weighted by Gasteiger charge is -2.12. The molecule has 5 heteroatoms. The molecule has 92 valence electrons. The first-order valence-corrected chi connectivity index (χ1v) is 5.54. The molecule has 2 unspecified atom stereocenters. The molecule has 1 saturated heterocycles. The van der Waals surface area contributed by atoms with Gasteiger partial charge >= 0.3 is 0 Å². The Bertz CT molecular complexity index is 416. The van der Waals surface area contributed by atoms with Gasteiger partial charge in [-0.2, -0.15) is 0 Å². The number of ether oxygens (including phenoxy) is 1. The quantitative estimate of drug-likeness (QED) is 0.772. The Balaban J connectivity index is 2.08. The normalized spacial score (nSPS) is 23.6. The molecule has 1 aliphatic rings. The number of halogens is 1. The summed E-state index contributed by atoms with van der Waals surface area (Å²) in [6.45, 7) is 2.28. The van der Waals surface area contributed by atoms with Crippen molar-refractivity contribution in [3.05, 3.63) is 24.0 Å². The maximum Gasteiger partial charge on any atom is 0.230 e. The Kier molecular flexibility index (Phi) is 3.28. The van der Waals surface area contributed by atoms with Crippen LogP contribution in [0.4, 0.5) is 15.8 Å². The molecule has 0 spiro atoms. The summed E-state index contributed by atoms with van der Waals surface area (Å²) in [6.07, 6.45) is 0.726. The third-order valence-electron chi connectivity index (χ3n) is 2.86. The Morgan fingerprint density at radius 1 is 1.59 bits per heavy atom. The third-order valence-corrected chi connectivity index (χ3v) is 2.86. The minimum atomic E-state index is -0.523. The van der Waals surface area contributed by atoms with E-state index < -0.39 is 5.82 Å². The Morgan fingerprint density at radius 2 is 2.35 bits per heavy atom. The van der Waals surface area contributed by atoms with Gasteiger partial charge in [-0.3, -0.25) is 4.79 Å². The number of nitrogen functional groups attached to an aromatic ring is 1. The molecule has 0 radical (unpaired) electrons. The van der Waals surface area contributed by atoms with Gasteiger partial charge in [-0.05, 0) is 25.5 Å². The van der Waals surface area contributed by atoms with Crippen LogP contribution in [0.2, 0.25) is 0 Å². The largest absolute Gasteiger partial charge is 0.397 e. The Hall–Kier alpha value is -1.62. The second-order valence-corrected chi connectivity index (χ2v) is 4.27. The van der Waals surface area contributed by atoms with Crippen molar-refractivity contribution >= 4 is 17.3 Å². The number of carbonyl (C=O) groups is 1. The van der Waals surface area contributed by atoms with Crippen LogP contribution in [-0.2, 0) is 9.53 Å². The Morgan fingerprint density at radius 3 is 2.94 bits per heavy atom. The summed E-state index contributed by atoms with van der Waals surface area (Å²) >= 11 is 0. The van der Waals surface area contributed by atoms with Gasteiger partial charge < -0.3 is 15.8 Å². The van der Waals surface area contributed by atoms with E-state index in [0.29, 0.717) is 13.0 Å². The first-order valence-electron chi connectivity index (χ1n) is 5.54. The molecule has 0 saturated carbocycles. The molecule has 0 aliphatic carbocycles. The lowest BCUT2D eigenvalue weighted by Crippen LogP contribution is -2.24. The first kappa shape index (κ1) is 11.9. The fourth-order valence-corrected chi connectivity index (χ4v) is 1.90. The molecule has 1 fully saturated rings. The van der Waals surface area contributed by atoms with Crippen molar-refractivity contribution in [2.24, 2.45) is 5.92 Å². The van der Waals surface area contributed by atoms with Gasteiger partial charge in [0.25, 0.3) is 0 Å². The smallest absolute Gasteiger partial charge is 0.230 e. The van der Waals surface area contributed by atoms with Crippen molar-refractivity contribution in [3.63, 3.8) is 0 Å². The number of anilines is 2. The van der Waals surface area contributed by atoms with Gasteiger partial charge in [-0.25, -0.2) is 4.39 Å². The average molecular weight is 238 g/mol. The molecule has 3 N–H and O–H groups in total. The van der Waals surface area contributed by atoms with Crippen LogP contribution in [0.1, 0.15) is 13.3 Å². The zero-order valence-electron chi connectivity index (χ0n) is 9.57. The minimum Gasteiger partial charge on any atom is -0.397 e. The van der Waals surface area contributed by atoms with Crippen molar-refractivity contribution in [1.82, 2.24) is 0 Å². The van der Waals surface area contributed by atoms with E-state index in [2.05, 4.69) is 5.32 Å². The number of benzene rings is 1. The molecule has 1 aliphatic heterocycles. The van der Waals surface area contributed by atoms with E-state index in [9.17, 15) is 9.18 Å². The molecule has 2 atom stereocenters. The predicted molar refractivity (Wildman–Crippen MR) is 63.0 cm³/mol. The molecule has 0 bridgehead atoms. The highest BCUT2D eigenvalue weighted by Gasteiger charge is 2.28. The van der Waals surface area contributed by atoms with Crippen LogP contribution in [0.5, 0.6) is 0 Å².